The number of ether oxygens (including phenoxy) is 2. The van der Waals surface area contributed by atoms with Crippen LogP contribution in [0.1, 0.15) is 18.4 Å². The lowest BCUT2D eigenvalue weighted by Gasteiger charge is -2.31. The summed E-state index contributed by atoms with van der Waals surface area (Å²) in [5.74, 6) is 2.05. The zero-order valence-electron chi connectivity index (χ0n) is 12.0. The van der Waals surface area contributed by atoms with Crippen LogP contribution >= 0.6 is 0 Å². The Hall–Kier alpha value is -2.52. The molecule has 1 saturated heterocycles. The molecule has 0 saturated carbocycles. The summed E-state index contributed by atoms with van der Waals surface area (Å²) in [4.78, 5) is 6.72. The van der Waals surface area contributed by atoms with E-state index in [-0.39, 0.29) is 12.9 Å². The van der Waals surface area contributed by atoms with E-state index in [4.69, 9.17) is 9.47 Å². The molecule has 0 atom stereocenters. The first-order valence-electron chi connectivity index (χ1n) is 7.32. The van der Waals surface area contributed by atoms with Gasteiger partial charge >= 0.3 is 0 Å². The molecule has 0 bridgehead atoms. The summed E-state index contributed by atoms with van der Waals surface area (Å²) in [6.45, 7) is 1.63. The third kappa shape index (κ3) is 2.11. The van der Waals surface area contributed by atoms with Gasteiger partial charge in [-0.05, 0) is 25.0 Å². The molecule has 112 valence electrons. The zero-order chi connectivity index (χ0) is 15.1. The number of nitrogens with zero attached hydrogens (tertiary/aromatic N) is 3. The van der Waals surface area contributed by atoms with Gasteiger partial charge in [0.1, 0.15) is 11.9 Å². The van der Waals surface area contributed by atoms with Crippen LogP contribution in [-0.4, -0.2) is 36.1 Å². The summed E-state index contributed by atoms with van der Waals surface area (Å²) in [6.07, 6.45) is 1.15. The van der Waals surface area contributed by atoms with Gasteiger partial charge in [0.2, 0.25) is 6.79 Å². The molecular weight excluding hydrogens is 282 g/mol. The Morgan fingerprint density at radius 2 is 1.91 bits per heavy atom. The van der Waals surface area contributed by atoms with E-state index >= 15 is 0 Å². The van der Waals surface area contributed by atoms with Crippen LogP contribution in [0.25, 0.3) is 10.9 Å². The van der Waals surface area contributed by atoms with Gasteiger partial charge in [-0.15, -0.1) is 0 Å². The van der Waals surface area contributed by atoms with Crippen molar-refractivity contribution < 1.29 is 14.6 Å². The molecule has 4 rings (SSSR count). The minimum Gasteiger partial charge on any atom is -0.454 e. The molecule has 0 aliphatic carbocycles. The second-order valence-corrected chi connectivity index (χ2v) is 5.59. The maximum atomic E-state index is 9.64. The van der Waals surface area contributed by atoms with Crippen molar-refractivity contribution in [3.05, 3.63) is 23.8 Å². The van der Waals surface area contributed by atoms with Gasteiger partial charge in [0.15, 0.2) is 11.5 Å². The first kappa shape index (κ1) is 13.2. The fourth-order valence-electron chi connectivity index (χ4n) is 2.95. The summed E-state index contributed by atoms with van der Waals surface area (Å²) >= 11 is 0. The number of benzene rings is 1. The number of fused-ring (bicyclic) bond motifs is 2. The molecule has 0 unspecified atom stereocenters. The predicted molar refractivity (Wildman–Crippen MR) is 80.0 cm³/mol. The molecule has 2 aliphatic rings. The highest BCUT2D eigenvalue weighted by molar-refractivity contribution is 5.86. The molecule has 22 heavy (non-hydrogen) atoms. The highest BCUT2D eigenvalue weighted by Crippen LogP contribution is 2.37. The van der Waals surface area contributed by atoms with Crippen LogP contribution in [0.5, 0.6) is 11.5 Å². The first-order chi connectivity index (χ1) is 10.7. The molecule has 6 nitrogen and oxygen atoms in total. The van der Waals surface area contributed by atoms with Crippen molar-refractivity contribution >= 4 is 16.7 Å². The summed E-state index contributed by atoms with van der Waals surface area (Å²) in [6, 6.07) is 7.77. The summed E-state index contributed by atoms with van der Waals surface area (Å²) in [5.41, 5.74) is 1.33. The molecule has 0 spiro atoms. The predicted octanol–water partition coefficient (Wildman–Crippen LogP) is 1.80. The van der Waals surface area contributed by atoms with Crippen LogP contribution in [0, 0.1) is 11.3 Å². The van der Waals surface area contributed by atoms with Crippen LogP contribution in [0.3, 0.4) is 0 Å². The SMILES string of the molecule is N#Cc1cc2cc3c(cc2nc1N1CCC(O)CC1)OCO3. The van der Waals surface area contributed by atoms with E-state index in [1.807, 2.05) is 18.2 Å². The summed E-state index contributed by atoms with van der Waals surface area (Å²) < 4.78 is 10.8. The molecule has 3 heterocycles. The van der Waals surface area contributed by atoms with E-state index < -0.39 is 0 Å². The van der Waals surface area contributed by atoms with Gasteiger partial charge in [-0.3, -0.25) is 0 Å². The van der Waals surface area contributed by atoms with E-state index in [1.165, 1.54) is 0 Å². The van der Waals surface area contributed by atoms with E-state index in [0.29, 0.717) is 48.8 Å². The standard InChI is InChI=1S/C16H15N3O3/c17-8-11-5-10-6-14-15(22-9-21-14)7-13(10)18-16(11)19-3-1-12(20)2-4-19/h5-7,12,20H,1-4,9H2. The Morgan fingerprint density at radius 1 is 1.18 bits per heavy atom. The number of pyridine rings is 1. The Bertz CT molecular complexity index is 776. The topological polar surface area (TPSA) is 78.6 Å². The van der Waals surface area contributed by atoms with Crippen molar-refractivity contribution in [1.29, 1.82) is 5.26 Å². The first-order valence-corrected chi connectivity index (χ1v) is 7.32. The van der Waals surface area contributed by atoms with Crippen molar-refractivity contribution in [3.63, 3.8) is 0 Å². The average Bonchev–Trinajstić information content (AvgIpc) is 2.99. The van der Waals surface area contributed by atoms with E-state index in [2.05, 4.69) is 16.0 Å². The average molecular weight is 297 g/mol. The number of piperidine rings is 1. The van der Waals surface area contributed by atoms with Crippen molar-refractivity contribution in [2.45, 2.75) is 18.9 Å². The van der Waals surface area contributed by atoms with Crippen molar-refractivity contribution in [1.82, 2.24) is 4.98 Å². The van der Waals surface area contributed by atoms with Crippen molar-refractivity contribution in [2.75, 3.05) is 24.8 Å². The summed E-state index contributed by atoms with van der Waals surface area (Å²) in [5, 5.41) is 19.9. The molecule has 1 fully saturated rings. The number of aromatic nitrogens is 1. The van der Waals surface area contributed by atoms with E-state index in [1.54, 1.807) is 0 Å². The van der Waals surface area contributed by atoms with Crippen molar-refractivity contribution in [3.8, 4) is 17.6 Å². The van der Waals surface area contributed by atoms with Gasteiger partial charge in [-0.2, -0.15) is 5.26 Å². The Labute approximate surface area is 127 Å². The van der Waals surface area contributed by atoms with Gasteiger partial charge in [-0.25, -0.2) is 4.98 Å². The molecule has 6 heteroatoms. The minimum atomic E-state index is -0.254. The van der Waals surface area contributed by atoms with Gasteiger partial charge in [0, 0.05) is 24.5 Å². The third-order valence-electron chi connectivity index (χ3n) is 4.17. The number of rotatable bonds is 1. The monoisotopic (exact) mass is 297 g/mol. The zero-order valence-corrected chi connectivity index (χ0v) is 12.0. The maximum absolute atomic E-state index is 9.64. The maximum Gasteiger partial charge on any atom is 0.231 e. The van der Waals surface area contributed by atoms with Crippen LogP contribution in [0.4, 0.5) is 5.82 Å². The summed E-state index contributed by atoms with van der Waals surface area (Å²) in [7, 11) is 0. The van der Waals surface area contributed by atoms with Gasteiger partial charge in [0.25, 0.3) is 0 Å². The van der Waals surface area contributed by atoms with Crippen LogP contribution in [0.2, 0.25) is 0 Å². The second kappa shape index (κ2) is 5.04. The third-order valence-corrected chi connectivity index (χ3v) is 4.17. The van der Waals surface area contributed by atoms with Crippen LogP contribution < -0.4 is 14.4 Å². The number of hydrogen-bond donors (Lipinski definition) is 1. The molecule has 1 aromatic heterocycles. The lowest BCUT2D eigenvalue weighted by Crippen LogP contribution is -2.36. The van der Waals surface area contributed by atoms with Crippen LogP contribution in [0.15, 0.2) is 18.2 Å². The molecule has 2 aromatic rings. The number of nitriles is 1. The molecule has 1 N–H and O–H groups in total. The highest BCUT2D eigenvalue weighted by atomic mass is 16.7. The van der Waals surface area contributed by atoms with Crippen molar-refractivity contribution in [2.24, 2.45) is 0 Å². The Morgan fingerprint density at radius 3 is 2.64 bits per heavy atom. The lowest BCUT2D eigenvalue weighted by molar-refractivity contribution is 0.145. The van der Waals surface area contributed by atoms with Gasteiger partial charge < -0.3 is 19.5 Å². The second-order valence-electron chi connectivity index (χ2n) is 5.59. The van der Waals surface area contributed by atoms with Crippen LogP contribution in [-0.2, 0) is 0 Å². The van der Waals surface area contributed by atoms with E-state index in [9.17, 15) is 10.4 Å². The number of hydrogen-bond acceptors (Lipinski definition) is 6. The highest BCUT2D eigenvalue weighted by Gasteiger charge is 2.22. The fourth-order valence-corrected chi connectivity index (χ4v) is 2.95. The Balaban J connectivity index is 1.80. The minimum absolute atomic E-state index is 0.216. The molecule has 0 amide bonds. The number of aliphatic hydroxyl groups is 1. The molecule has 2 aliphatic heterocycles. The van der Waals surface area contributed by atoms with Gasteiger partial charge in [-0.1, -0.05) is 0 Å². The smallest absolute Gasteiger partial charge is 0.231 e. The molecular formula is C16H15N3O3. The largest absolute Gasteiger partial charge is 0.454 e. The Kier molecular flexibility index (Phi) is 3.01. The van der Waals surface area contributed by atoms with Gasteiger partial charge in [0.05, 0.1) is 17.2 Å². The van der Waals surface area contributed by atoms with E-state index in [0.717, 1.165) is 10.9 Å². The normalized spacial score (nSPS) is 17.7. The number of anilines is 1. The lowest BCUT2D eigenvalue weighted by atomic mass is 10.1. The molecule has 1 aromatic carbocycles. The number of aliphatic hydroxyl groups excluding tert-OH is 1. The quantitative estimate of drug-likeness (QED) is 0.864. The fraction of sp³-hybridized carbons (Fsp3) is 0.375. The molecule has 0 radical (unpaired) electrons.